The summed E-state index contributed by atoms with van der Waals surface area (Å²) in [6, 6.07) is 0. The number of hydrogen-bond donors (Lipinski definition) is 1. The molecule has 0 bridgehead atoms. The van der Waals surface area contributed by atoms with Gasteiger partial charge in [0.15, 0.2) is 10.2 Å². The minimum atomic E-state index is -4.92. The average Bonchev–Trinajstić information content (AvgIpc) is 2.81. The molecule has 2 atom stereocenters. The van der Waals surface area contributed by atoms with Crippen molar-refractivity contribution >= 4 is 41.6 Å². The number of likely N-dealkylation sites (N-methyl/N-ethyl adjacent to an activating group) is 1. The number of rotatable bonds is 20. The molecule has 0 fully saturated rings. The minimum absolute atomic E-state index is 0.0707. The summed E-state index contributed by atoms with van der Waals surface area (Å²) < 4.78 is 88.4. The number of phosphoric acid groups is 1. The Labute approximate surface area is 216 Å². The molecule has 0 amide bonds. The lowest BCUT2D eigenvalue weighted by atomic mass is 10.2. The number of hydrogen-bond acceptors (Lipinski definition) is 7. The van der Waals surface area contributed by atoms with E-state index in [9.17, 15) is 19.0 Å². The highest BCUT2D eigenvalue weighted by Gasteiger charge is 2.26. The second kappa shape index (κ2) is 18.4. The third kappa shape index (κ3) is 20.7. The topological polar surface area (TPSA) is 89.9 Å². The van der Waals surface area contributed by atoms with E-state index >= 15 is 0 Å². The second-order valence-corrected chi connectivity index (χ2v) is 11.4. The molecular formula is C22H45NO6PS2+. The molecule has 0 aromatic rings. The van der Waals surface area contributed by atoms with E-state index in [-0.39, 0.29) is 16.0 Å². The fraction of sp³-hybridized carbons (Fsp3) is 0.909. The van der Waals surface area contributed by atoms with Crippen LogP contribution < -0.4 is 0 Å². The Bertz CT molecular complexity index is 808. The average molecular weight is 524 g/mol. The van der Waals surface area contributed by atoms with Crippen LogP contribution in [0.3, 0.4) is 0 Å². The zero-order chi connectivity index (χ0) is 32.0. The van der Waals surface area contributed by atoms with Gasteiger partial charge in [-0.3, -0.25) is 18.6 Å². The van der Waals surface area contributed by atoms with Gasteiger partial charge in [0.05, 0.1) is 39.9 Å². The molecule has 2 unspecified atom stereocenters. The summed E-state index contributed by atoms with van der Waals surface area (Å²) in [4.78, 5) is 34.9. The number of carbonyl (C=O) groups excluding carboxylic acids is 2. The van der Waals surface area contributed by atoms with E-state index in [0.29, 0.717) is 19.3 Å². The summed E-state index contributed by atoms with van der Waals surface area (Å²) in [5, 5.41) is -0.905. The Morgan fingerprint density at radius 1 is 0.969 bits per heavy atom. The van der Waals surface area contributed by atoms with Crippen molar-refractivity contribution in [3.63, 3.8) is 0 Å². The molecule has 0 rings (SSSR count). The van der Waals surface area contributed by atoms with Crippen LogP contribution in [0.25, 0.3) is 0 Å². The first-order valence-corrected chi connectivity index (χ1v) is 14.5. The normalized spacial score (nSPS) is 20.2. The van der Waals surface area contributed by atoms with Crippen LogP contribution >= 0.6 is 31.3 Å². The number of unbranched alkanes of at least 4 members (excludes halogenated alkanes) is 6. The molecule has 0 aliphatic heterocycles. The van der Waals surface area contributed by atoms with Crippen molar-refractivity contribution in [1.29, 1.82) is 0 Å². The lowest BCUT2D eigenvalue weighted by Gasteiger charge is -2.24. The maximum absolute atomic E-state index is 12.5. The molecule has 1 N–H and O–H groups in total. The third-order valence-corrected chi connectivity index (χ3v) is 7.70. The highest BCUT2D eigenvalue weighted by atomic mass is 32.2. The number of quaternary nitrogens is 1. The maximum Gasteiger partial charge on any atom is 0.472 e. The summed E-state index contributed by atoms with van der Waals surface area (Å²) in [6.45, 7) is -9.13. The summed E-state index contributed by atoms with van der Waals surface area (Å²) >= 11 is 1.91. The van der Waals surface area contributed by atoms with Gasteiger partial charge in [0.1, 0.15) is 13.2 Å². The SMILES string of the molecule is [2H]C([2H])([2H])[N+](CCOP(=O)(O)OCC(CSC(=O)CCCCCC)SC(=O)CCCCCC)(C([2H])([2H])[2H])C([2H])([2H])[2H]. The molecule has 0 aromatic heterocycles. The van der Waals surface area contributed by atoms with Crippen LogP contribution in [0.15, 0.2) is 0 Å². The second-order valence-electron chi connectivity index (χ2n) is 7.55. The first-order chi connectivity index (χ1) is 18.7. The molecule has 0 heterocycles. The van der Waals surface area contributed by atoms with Crippen molar-refractivity contribution in [1.82, 2.24) is 0 Å². The Kier molecular flexibility index (Phi) is 11.1. The first kappa shape index (κ1) is 19.3. The maximum atomic E-state index is 12.5. The zero-order valence-electron chi connectivity index (χ0n) is 28.2. The van der Waals surface area contributed by atoms with Gasteiger partial charge in [0.25, 0.3) is 0 Å². The fourth-order valence-corrected chi connectivity index (χ4v) is 5.38. The van der Waals surface area contributed by atoms with Crippen molar-refractivity contribution < 1.29 is 44.9 Å². The zero-order valence-corrected chi connectivity index (χ0v) is 21.7. The molecular weight excluding hydrogens is 469 g/mol. The number of thioether (sulfide) groups is 2. The predicted molar refractivity (Wildman–Crippen MR) is 136 cm³/mol. The lowest BCUT2D eigenvalue weighted by Crippen LogP contribution is -2.37. The Hall–Kier alpha value is 0.110. The van der Waals surface area contributed by atoms with E-state index in [4.69, 9.17) is 21.4 Å². The van der Waals surface area contributed by atoms with E-state index in [1.165, 1.54) is 0 Å². The molecule has 0 radical (unpaired) electrons. The van der Waals surface area contributed by atoms with E-state index in [1.807, 2.05) is 6.92 Å². The van der Waals surface area contributed by atoms with E-state index in [2.05, 4.69) is 6.92 Å². The molecule has 190 valence electrons. The standard InChI is InChI=1S/C22H44NO6PS2/c1-6-8-10-12-14-21(24)31-19-20(32-22(25)15-13-11-9-7-2)18-29-30(26,27)28-17-16-23(3,4)5/h20H,6-19H2,1-5H3/p+1/i3D3,4D3,5D3. The Balaban J connectivity index is 5.33. The van der Waals surface area contributed by atoms with Crippen LogP contribution in [0.1, 0.15) is 90.4 Å². The smallest absolute Gasteiger partial charge is 0.329 e. The van der Waals surface area contributed by atoms with Crippen molar-refractivity contribution in [3.05, 3.63) is 0 Å². The van der Waals surface area contributed by atoms with Crippen LogP contribution in [0, 0.1) is 0 Å². The molecule has 0 saturated carbocycles. The molecule has 32 heavy (non-hydrogen) atoms. The highest BCUT2D eigenvalue weighted by molar-refractivity contribution is 8.17. The summed E-state index contributed by atoms with van der Waals surface area (Å²) in [7, 11) is -4.92. The van der Waals surface area contributed by atoms with Gasteiger partial charge in [-0.1, -0.05) is 75.9 Å². The molecule has 0 aliphatic rings. The van der Waals surface area contributed by atoms with E-state index in [0.717, 1.165) is 68.5 Å². The number of nitrogens with zero attached hydrogens (tertiary/aromatic N) is 1. The van der Waals surface area contributed by atoms with Crippen LogP contribution in [0.2, 0.25) is 0 Å². The van der Waals surface area contributed by atoms with Gasteiger partial charge in [-0.2, -0.15) is 0 Å². The lowest BCUT2D eigenvalue weighted by molar-refractivity contribution is -0.870. The number of phosphoric ester groups is 1. The van der Waals surface area contributed by atoms with Crippen molar-refractivity contribution in [2.75, 3.05) is 46.4 Å². The molecule has 0 saturated heterocycles. The van der Waals surface area contributed by atoms with E-state index in [1.54, 1.807) is 0 Å². The fourth-order valence-electron chi connectivity index (χ4n) is 2.52. The highest BCUT2D eigenvalue weighted by Crippen LogP contribution is 2.44. The summed E-state index contributed by atoms with van der Waals surface area (Å²) in [5.41, 5.74) is 0. The molecule has 0 spiro atoms. The van der Waals surface area contributed by atoms with Gasteiger partial charge in [0, 0.05) is 23.8 Å². The molecule has 10 heteroatoms. The largest absolute Gasteiger partial charge is 0.472 e. The monoisotopic (exact) mass is 523 g/mol. The van der Waals surface area contributed by atoms with Gasteiger partial charge in [-0.15, -0.1) is 0 Å². The molecule has 0 aliphatic carbocycles. The van der Waals surface area contributed by atoms with E-state index < -0.39 is 58.2 Å². The third-order valence-electron chi connectivity index (χ3n) is 4.30. The van der Waals surface area contributed by atoms with Gasteiger partial charge in [-0.25, -0.2) is 4.57 Å². The first-order valence-electron chi connectivity index (χ1n) is 15.6. The summed E-state index contributed by atoms with van der Waals surface area (Å²) in [6.07, 6.45) is 7.96. The van der Waals surface area contributed by atoms with Gasteiger partial charge in [0.2, 0.25) is 0 Å². The minimum Gasteiger partial charge on any atom is -0.329 e. The van der Waals surface area contributed by atoms with Crippen LogP contribution in [-0.2, 0) is 23.2 Å². The number of carbonyl (C=O) groups is 2. The summed E-state index contributed by atoms with van der Waals surface area (Å²) in [5.74, 6) is 0.134. The van der Waals surface area contributed by atoms with Gasteiger partial charge >= 0.3 is 7.82 Å². The van der Waals surface area contributed by atoms with Gasteiger partial charge in [-0.05, 0) is 12.8 Å². The van der Waals surface area contributed by atoms with Crippen molar-refractivity contribution in [2.45, 2.75) is 83.3 Å². The van der Waals surface area contributed by atoms with Crippen molar-refractivity contribution in [3.8, 4) is 0 Å². The van der Waals surface area contributed by atoms with Crippen LogP contribution in [-0.4, -0.2) is 71.3 Å². The van der Waals surface area contributed by atoms with Crippen LogP contribution in [0.5, 0.6) is 0 Å². The molecule has 0 aromatic carbocycles. The van der Waals surface area contributed by atoms with Crippen molar-refractivity contribution in [2.24, 2.45) is 0 Å². The Morgan fingerprint density at radius 2 is 1.56 bits per heavy atom. The van der Waals surface area contributed by atoms with Crippen LogP contribution in [0.4, 0.5) is 0 Å². The predicted octanol–water partition coefficient (Wildman–Crippen LogP) is 5.66. The quantitative estimate of drug-likeness (QED) is 0.124. The Morgan fingerprint density at radius 3 is 2.12 bits per heavy atom. The molecule has 7 nitrogen and oxygen atoms in total. The van der Waals surface area contributed by atoms with Gasteiger partial charge < -0.3 is 9.38 Å².